The average molecular weight is 268 g/mol. The van der Waals surface area contributed by atoms with Gasteiger partial charge in [-0.1, -0.05) is 17.3 Å². The third-order valence-corrected chi connectivity index (χ3v) is 3.30. The zero-order valence-corrected chi connectivity index (χ0v) is 10.5. The van der Waals surface area contributed by atoms with Crippen LogP contribution in [0.25, 0.3) is 0 Å². The van der Waals surface area contributed by atoms with E-state index in [1.807, 2.05) is 0 Å². The van der Waals surface area contributed by atoms with Gasteiger partial charge >= 0.3 is 0 Å². The molecule has 0 aliphatic carbocycles. The highest BCUT2D eigenvalue weighted by Crippen LogP contribution is 2.24. The molecule has 1 N–H and O–H groups in total. The van der Waals surface area contributed by atoms with Crippen LogP contribution >= 0.6 is 11.8 Å². The molecular formula is C12H13FN2O2S. The molecule has 1 aromatic carbocycles. The molecule has 1 aromatic heterocycles. The van der Waals surface area contributed by atoms with Gasteiger partial charge in [0.15, 0.2) is 5.82 Å². The number of aliphatic hydroxyl groups excluding tert-OH is 1. The lowest BCUT2D eigenvalue weighted by atomic mass is 10.3. The summed E-state index contributed by atoms with van der Waals surface area (Å²) in [6.07, 6.45) is 1.16. The molecule has 0 spiro atoms. The Bertz CT molecular complexity index is 504. The number of halogens is 1. The number of hydrogen-bond acceptors (Lipinski definition) is 5. The molecule has 0 saturated carbocycles. The maximum atomic E-state index is 13.4. The highest BCUT2D eigenvalue weighted by Gasteiger charge is 2.08. The molecule has 0 unspecified atom stereocenters. The lowest BCUT2D eigenvalue weighted by Gasteiger charge is -1.99. The van der Waals surface area contributed by atoms with Crippen molar-refractivity contribution in [3.05, 3.63) is 41.8 Å². The predicted octanol–water partition coefficient (Wildman–Crippen LogP) is 2.43. The predicted molar refractivity (Wildman–Crippen MR) is 65.7 cm³/mol. The van der Waals surface area contributed by atoms with E-state index in [1.54, 1.807) is 18.2 Å². The standard InChI is InChI=1S/C12H13FN2O2S/c13-9-4-1-2-5-10(9)18-8-11-14-12(17-15-11)6-3-7-16/h1-2,4-5,16H,3,6-8H2. The molecule has 0 saturated heterocycles. The number of rotatable bonds is 6. The first-order chi connectivity index (χ1) is 8.79. The molecule has 4 nitrogen and oxygen atoms in total. The van der Waals surface area contributed by atoms with Crippen LogP contribution in [-0.4, -0.2) is 21.9 Å². The van der Waals surface area contributed by atoms with Crippen LogP contribution in [0.2, 0.25) is 0 Å². The summed E-state index contributed by atoms with van der Waals surface area (Å²) in [6, 6.07) is 6.58. The smallest absolute Gasteiger partial charge is 0.226 e. The van der Waals surface area contributed by atoms with Gasteiger partial charge in [-0.3, -0.25) is 0 Å². The molecule has 18 heavy (non-hydrogen) atoms. The number of benzene rings is 1. The minimum atomic E-state index is -0.244. The van der Waals surface area contributed by atoms with Gasteiger partial charge < -0.3 is 9.63 Å². The maximum Gasteiger partial charge on any atom is 0.226 e. The second kappa shape index (κ2) is 6.51. The SMILES string of the molecule is OCCCc1nc(CSc2ccccc2F)no1. The second-order valence-electron chi connectivity index (χ2n) is 3.65. The Labute approximate surface area is 108 Å². The van der Waals surface area contributed by atoms with Crippen molar-refractivity contribution in [3.63, 3.8) is 0 Å². The van der Waals surface area contributed by atoms with Gasteiger partial charge in [0.05, 0.1) is 5.75 Å². The minimum Gasteiger partial charge on any atom is -0.396 e. The van der Waals surface area contributed by atoms with Crippen LogP contribution in [0.5, 0.6) is 0 Å². The molecule has 1 heterocycles. The van der Waals surface area contributed by atoms with E-state index in [0.717, 1.165) is 0 Å². The van der Waals surface area contributed by atoms with Crippen molar-refractivity contribution in [3.8, 4) is 0 Å². The van der Waals surface area contributed by atoms with E-state index in [0.29, 0.717) is 35.2 Å². The van der Waals surface area contributed by atoms with Crippen LogP contribution in [0.4, 0.5) is 4.39 Å². The first kappa shape index (κ1) is 13.0. The van der Waals surface area contributed by atoms with Gasteiger partial charge in [0.25, 0.3) is 0 Å². The zero-order chi connectivity index (χ0) is 12.8. The topological polar surface area (TPSA) is 59.2 Å². The Morgan fingerprint density at radius 1 is 1.33 bits per heavy atom. The fourth-order valence-corrected chi connectivity index (χ4v) is 2.17. The van der Waals surface area contributed by atoms with Crippen molar-refractivity contribution < 1.29 is 14.0 Å². The Morgan fingerprint density at radius 2 is 2.17 bits per heavy atom. The van der Waals surface area contributed by atoms with Gasteiger partial charge in [-0.05, 0) is 18.6 Å². The molecule has 0 aliphatic rings. The quantitative estimate of drug-likeness (QED) is 0.815. The third kappa shape index (κ3) is 3.54. The number of nitrogens with zero attached hydrogens (tertiary/aromatic N) is 2. The minimum absolute atomic E-state index is 0.0989. The van der Waals surface area contributed by atoms with Gasteiger partial charge in [0.2, 0.25) is 5.89 Å². The summed E-state index contributed by atoms with van der Waals surface area (Å²) in [7, 11) is 0. The largest absolute Gasteiger partial charge is 0.396 e. The number of aryl methyl sites for hydroxylation is 1. The lowest BCUT2D eigenvalue weighted by Crippen LogP contribution is -1.90. The number of aromatic nitrogens is 2. The number of hydrogen-bond donors (Lipinski definition) is 1. The van der Waals surface area contributed by atoms with Gasteiger partial charge in [-0.25, -0.2) is 4.39 Å². The first-order valence-corrected chi connectivity index (χ1v) is 6.58. The zero-order valence-electron chi connectivity index (χ0n) is 9.67. The lowest BCUT2D eigenvalue weighted by molar-refractivity contribution is 0.278. The molecule has 0 amide bonds. The van der Waals surface area contributed by atoms with Gasteiger partial charge in [-0.2, -0.15) is 4.98 Å². The molecule has 2 rings (SSSR count). The van der Waals surface area contributed by atoms with E-state index >= 15 is 0 Å². The monoisotopic (exact) mass is 268 g/mol. The van der Waals surface area contributed by atoms with Gasteiger partial charge in [0, 0.05) is 17.9 Å². The fraction of sp³-hybridized carbons (Fsp3) is 0.333. The fourth-order valence-electron chi connectivity index (χ4n) is 1.38. The highest BCUT2D eigenvalue weighted by atomic mass is 32.2. The molecular weight excluding hydrogens is 255 g/mol. The number of thioether (sulfide) groups is 1. The van der Waals surface area contributed by atoms with E-state index in [1.165, 1.54) is 17.8 Å². The van der Waals surface area contributed by atoms with Gasteiger partial charge in [0.1, 0.15) is 5.82 Å². The van der Waals surface area contributed by atoms with Crippen LogP contribution in [0.3, 0.4) is 0 Å². The molecule has 0 radical (unpaired) electrons. The number of aliphatic hydroxyl groups is 1. The highest BCUT2D eigenvalue weighted by molar-refractivity contribution is 7.98. The average Bonchev–Trinajstić information content (AvgIpc) is 2.83. The normalized spacial score (nSPS) is 10.8. The van der Waals surface area contributed by atoms with Crippen molar-refractivity contribution in [2.24, 2.45) is 0 Å². The van der Waals surface area contributed by atoms with E-state index in [2.05, 4.69) is 10.1 Å². The van der Waals surface area contributed by atoms with E-state index in [-0.39, 0.29) is 12.4 Å². The Balaban J connectivity index is 1.90. The summed E-state index contributed by atoms with van der Waals surface area (Å²) < 4.78 is 18.4. The third-order valence-electron chi connectivity index (χ3n) is 2.25. The Kier molecular flexibility index (Phi) is 4.72. The molecule has 6 heteroatoms. The van der Waals surface area contributed by atoms with Crippen LogP contribution in [0, 0.1) is 5.82 Å². The van der Waals surface area contributed by atoms with Crippen molar-refractivity contribution >= 4 is 11.8 Å². The molecule has 96 valence electrons. The Morgan fingerprint density at radius 3 is 2.94 bits per heavy atom. The maximum absolute atomic E-state index is 13.4. The molecule has 2 aromatic rings. The summed E-state index contributed by atoms with van der Waals surface area (Å²) in [4.78, 5) is 4.73. The van der Waals surface area contributed by atoms with Crippen LogP contribution in [-0.2, 0) is 12.2 Å². The Hall–Kier alpha value is -1.40. The van der Waals surface area contributed by atoms with Crippen molar-refractivity contribution in [1.82, 2.24) is 10.1 Å². The van der Waals surface area contributed by atoms with Crippen LogP contribution < -0.4 is 0 Å². The summed E-state index contributed by atoms with van der Waals surface area (Å²) in [5, 5.41) is 12.5. The molecule has 0 aliphatic heterocycles. The van der Waals surface area contributed by atoms with E-state index in [4.69, 9.17) is 9.63 Å². The second-order valence-corrected chi connectivity index (χ2v) is 4.67. The first-order valence-electron chi connectivity index (χ1n) is 5.59. The van der Waals surface area contributed by atoms with Crippen LogP contribution in [0.15, 0.2) is 33.7 Å². The van der Waals surface area contributed by atoms with Crippen molar-refractivity contribution in [2.45, 2.75) is 23.5 Å². The summed E-state index contributed by atoms with van der Waals surface area (Å²) in [5.74, 6) is 1.26. The van der Waals surface area contributed by atoms with Crippen molar-refractivity contribution in [2.75, 3.05) is 6.61 Å². The molecule has 0 fully saturated rings. The van der Waals surface area contributed by atoms with Crippen molar-refractivity contribution in [1.29, 1.82) is 0 Å². The molecule has 0 atom stereocenters. The van der Waals surface area contributed by atoms with Gasteiger partial charge in [-0.15, -0.1) is 11.8 Å². The van der Waals surface area contributed by atoms with E-state index in [9.17, 15) is 4.39 Å². The summed E-state index contributed by atoms with van der Waals surface area (Å²) in [5.41, 5.74) is 0. The van der Waals surface area contributed by atoms with Crippen LogP contribution in [0.1, 0.15) is 18.1 Å². The summed E-state index contributed by atoms with van der Waals surface area (Å²) >= 11 is 1.33. The van der Waals surface area contributed by atoms with E-state index < -0.39 is 0 Å². The molecule has 0 bridgehead atoms. The summed E-state index contributed by atoms with van der Waals surface area (Å²) in [6.45, 7) is 0.0989.